The zero-order valence-electron chi connectivity index (χ0n) is 22.8. The molecule has 4 aromatic rings. The van der Waals surface area contributed by atoms with Gasteiger partial charge in [0.1, 0.15) is 11.9 Å². The second-order valence-corrected chi connectivity index (χ2v) is 10.0. The number of carbonyl (C=O) groups is 1. The third-order valence-electron chi connectivity index (χ3n) is 7.11. The summed E-state index contributed by atoms with van der Waals surface area (Å²) in [6.45, 7) is 9.33. The summed E-state index contributed by atoms with van der Waals surface area (Å²) in [5.74, 6) is -0.608. The van der Waals surface area contributed by atoms with Crippen LogP contribution < -0.4 is 10.1 Å². The molecule has 5 rings (SSSR count). The quantitative estimate of drug-likeness (QED) is 0.338. The summed E-state index contributed by atoms with van der Waals surface area (Å²) < 4.78 is 21.2. The third-order valence-corrected chi connectivity index (χ3v) is 7.11. The molecule has 2 aromatic carbocycles. The van der Waals surface area contributed by atoms with E-state index in [4.69, 9.17) is 4.74 Å². The maximum absolute atomic E-state index is 15.3. The van der Waals surface area contributed by atoms with Crippen molar-refractivity contribution in [2.45, 2.75) is 20.4 Å². The van der Waals surface area contributed by atoms with Crippen LogP contribution in [0.2, 0.25) is 0 Å². The van der Waals surface area contributed by atoms with Crippen LogP contribution in [0.3, 0.4) is 0 Å². The number of piperazine rings is 1. The standard InChI is InChI=1S/C29H34FN7O2/c1-5-36(4)29(38)25-27(34-21-8-6-20(7-9-21)17-37-14-12-35(3)13-15-37)31-18-32-28(25)39-24-11-10-23-22(26(24)30)16-19(2)33-23/h6-11,16,18,33H,5,12-15,17H2,1-4H3,(H,31,32,34). The Labute approximate surface area is 227 Å². The Balaban J connectivity index is 1.41. The molecule has 1 saturated heterocycles. The van der Waals surface area contributed by atoms with E-state index in [1.165, 1.54) is 22.9 Å². The summed E-state index contributed by atoms with van der Waals surface area (Å²) in [5.41, 5.74) is 3.62. The maximum Gasteiger partial charge on any atom is 0.262 e. The van der Waals surface area contributed by atoms with Crippen molar-refractivity contribution in [3.05, 3.63) is 71.4 Å². The summed E-state index contributed by atoms with van der Waals surface area (Å²) in [6.07, 6.45) is 1.30. The van der Waals surface area contributed by atoms with Crippen molar-refractivity contribution in [1.29, 1.82) is 0 Å². The van der Waals surface area contributed by atoms with Crippen LogP contribution in [0, 0.1) is 12.7 Å². The maximum atomic E-state index is 15.3. The Morgan fingerprint density at radius 3 is 2.59 bits per heavy atom. The van der Waals surface area contributed by atoms with Gasteiger partial charge in [0.2, 0.25) is 5.88 Å². The fraction of sp³-hybridized carbons (Fsp3) is 0.345. The average molecular weight is 532 g/mol. The number of H-pyrrole nitrogens is 1. The number of nitrogens with zero attached hydrogens (tertiary/aromatic N) is 5. The number of amides is 1. The third kappa shape index (κ3) is 5.86. The highest BCUT2D eigenvalue weighted by atomic mass is 19.1. The van der Waals surface area contributed by atoms with Crippen LogP contribution in [0.1, 0.15) is 28.5 Å². The zero-order chi connectivity index (χ0) is 27.5. The molecule has 1 aliphatic heterocycles. The molecule has 10 heteroatoms. The molecule has 3 heterocycles. The normalized spacial score (nSPS) is 14.5. The Kier molecular flexibility index (Phi) is 7.76. The molecular weight excluding hydrogens is 497 g/mol. The van der Waals surface area contributed by atoms with Crippen LogP contribution >= 0.6 is 0 Å². The Morgan fingerprint density at radius 2 is 1.87 bits per heavy atom. The van der Waals surface area contributed by atoms with Gasteiger partial charge in [0, 0.05) is 68.6 Å². The van der Waals surface area contributed by atoms with Gasteiger partial charge in [-0.1, -0.05) is 12.1 Å². The smallest absolute Gasteiger partial charge is 0.262 e. The number of fused-ring (bicyclic) bond motifs is 1. The van der Waals surface area contributed by atoms with Crippen LogP contribution in [-0.2, 0) is 6.54 Å². The fourth-order valence-corrected chi connectivity index (χ4v) is 4.63. The zero-order valence-corrected chi connectivity index (χ0v) is 22.8. The second-order valence-electron chi connectivity index (χ2n) is 10.0. The van der Waals surface area contributed by atoms with Crippen LogP contribution in [0.15, 0.2) is 48.8 Å². The van der Waals surface area contributed by atoms with Gasteiger partial charge in [-0.3, -0.25) is 9.69 Å². The lowest BCUT2D eigenvalue weighted by Crippen LogP contribution is -2.43. The van der Waals surface area contributed by atoms with Gasteiger partial charge in [0.05, 0.1) is 0 Å². The lowest BCUT2D eigenvalue weighted by molar-refractivity contribution is 0.0799. The minimum Gasteiger partial charge on any atom is -0.435 e. The molecule has 0 radical (unpaired) electrons. The number of carbonyl (C=O) groups excluding carboxylic acids is 1. The Morgan fingerprint density at radius 1 is 1.13 bits per heavy atom. The van der Waals surface area contributed by atoms with Crippen molar-refractivity contribution in [3.8, 4) is 11.6 Å². The van der Waals surface area contributed by atoms with Gasteiger partial charge in [0.25, 0.3) is 5.91 Å². The summed E-state index contributed by atoms with van der Waals surface area (Å²) in [7, 11) is 3.84. The van der Waals surface area contributed by atoms with Crippen LogP contribution in [0.5, 0.6) is 11.6 Å². The number of likely N-dealkylation sites (N-methyl/N-ethyl adjacent to an activating group) is 1. The number of aromatic amines is 1. The van der Waals surface area contributed by atoms with Crippen molar-refractivity contribution in [1.82, 2.24) is 29.7 Å². The number of hydrogen-bond donors (Lipinski definition) is 2. The molecule has 2 N–H and O–H groups in total. The number of ether oxygens (including phenoxy) is 1. The minimum atomic E-state index is -0.525. The molecule has 204 valence electrons. The van der Waals surface area contributed by atoms with Gasteiger partial charge in [-0.2, -0.15) is 0 Å². The van der Waals surface area contributed by atoms with Crippen molar-refractivity contribution < 1.29 is 13.9 Å². The van der Waals surface area contributed by atoms with Gasteiger partial charge in [-0.15, -0.1) is 0 Å². The van der Waals surface area contributed by atoms with Gasteiger partial charge >= 0.3 is 0 Å². The van der Waals surface area contributed by atoms with E-state index < -0.39 is 5.82 Å². The molecule has 1 amide bonds. The largest absolute Gasteiger partial charge is 0.435 e. The molecule has 0 atom stereocenters. The number of nitrogens with one attached hydrogen (secondary N) is 2. The van der Waals surface area contributed by atoms with Gasteiger partial charge in [-0.25, -0.2) is 14.4 Å². The molecule has 0 unspecified atom stereocenters. The van der Waals surface area contributed by atoms with Crippen LogP contribution in [0.25, 0.3) is 10.9 Å². The molecule has 0 spiro atoms. The van der Waals surface area contributed by atoms with Gasteiger partial charge in [0.15, 0.2) is 17.4 Å². The first-order valence-corrected chi connectivity index (χ1v) is 13.2. The molecule has 2 aromatic heterocycles. The fourth-order valence-electron chi connectivity index (χ4n) is 4.63. The second kappa shape index (κ2) is 11.4. The molecule has 0 saturated carbocycles. The number of hydrogen-bond acceptors (Lipinski definition) is 7. The van der Waals surface area contributed by atoms with Crippen molar-refractivity contribution >= 4 is 28.3 Å². The molecule has 1 aliphatic rings. The Hall–Kier alpha value is -4.02. The molecule has 1 fully saturated rings. The number of rotatable bonds is 8. The average Bonchev–Trinajstić information content (AvgIpc) is 3.33. The predicted molar refractivity (Wildman–Crippen MR) is 150 cm³/mol. The summed E-state index contributed by atoms with van der Waals surface area (Å²) in [5, 5.41) is 3.66. The lowest BCUT2D eigenvalue weighted by atomic mass is 10.1. The summed E-state index contributed by atoms with van der Waals surface area (Å²) in [4.78, 5) is 31.4. The van der Waals surface area contributed by atoms with E-state index in [2.05, 4.69) is 49.2 Å². The highest BCUT2D eigenvalue weighted by Gasteiger charge is 2.25. The van der Waals surface area contributed by atoms with E-state index in [1.54, 1.807) is 19.2 Å². The molecular formula is C29H34FN7O2. The highest BCUT2D eigenvalue weighted by molar-refractivity contribution is 6.01. The first-order chi connectivity index (χ1) is 18.8. The van der Waals surface area contributed by atoms with Crippen LogP contribution in [0.4, 0.5) is 15.9 Å². The van der Waals surface area contributed by atoms with Crippen molar-refractivity contribution in [2.24, 2.45) is 0 Å². The van der Waals surface area contributed by atoms with Crippen molar-refractivity contribution in [2.75, 3.05) is 52.1 Å². The lowest BCUT2D eigenvalue weighted by Gasteiger charge is -2.32. The minimum absolute atomic E-state index is 0.0185. The van der Waals surface area contributed by atoms with E-state index in [0.29, 0.717) is 17.4 Å². The molecule has 9 nitrogen and oxygen atoms in total. The van der Waals surface area contributed by atoms with Gasteiger partial charge in [-0.05, 0) is 56.8 Å². The van der Waals surface area contributed by atoms with E-state index in [9.17, 15) is 4.79 Å². The number of anilines is 2. The van der Waals surface area contributed by atoms with Gasteiger partial charge < -0.3 is 24.8 Å². The van der Waals surface area contributed by atoms with E-state index in [1.807, 2.05) is 26.0 Å². The number of benzene rings is 2. The molecule has 39 heavy (non-hydrogen) atoms. The number of aromatic nitrogens is 3. The SMILES string of the molecule is CCN(C)C(=O)c1c(Nc2ccc(CN3CCN(C)CC3)cc2)ncnc1Oc1ccc2[nH]c(C)cc2c1F. The topological polar surface area (TPSA) is 89.6 Å². The first-order valence-electron chi connectivity index (χ1n) is 13.2. The van der Waals surface area contributed by atoms with Crippen LogP contribution in [-0.4, -0.2) is 82.4 Å². The highest BCUT2D eigenvalue weighted by Crippen LogP contribution is 2.34. The van der Waals surface area contributed by atoms with Crippen molar-refractivity contribution in [3.63, 3.8) is 0 Å². The predicted octanol–water partition coefficient (Wildman–Crippen LogP) is 4.78. The molecule has 0 aliphatic carbocycles. The Bertz CT molecular complexity index is 1460. The molecule has 0 bridgehead atoms. The van der Waals surface area contributed by atoms with E-state index in [0.717, 1.165) is 44.1 Å². The summed E-state index contributed by atoms with van der Waals surface area (Å²) in [6, 6.07) is 13.1. The number of halogens is 1. The van der Waals surface area contributed by atoms with E-state index >= 15 is 4.39 Å². The van der Waals surface area contributed by atoms with E-state index in [-0.39, 0.29) is 28.9 Å². The first kappa shape index (κ1) is 26.6. The number of aryl methyl sites for hydroxylation is 1. The monoisotopic (exact) mass is 531 g/mol. The summed E-state index contributed by atoms with van der Waals surface area (Å²) >= 11 is 0.